The molecule has 2 aromatic rings. The van der Waals surface area contributed by atoms with Crippen LogP contribution in [0.5, 0.6) is 0 Å². The maximum Gasteiger partial charge on any atom is 0.266 e. The maximum absolute atomic E-state index is 12.8. The number of anilines is 1. The number of carbonyl (C=O) groups is 2. The largest absolute Gasteiger partial charge is 0.268 e. The van der Waals surface area contributed by atoms with Crippen molar-refractivity contribution in [2.75, 3.05) is 4.90 Å². The summed E-state index contributed by atoms with van der Waals surface area (Å²) in [5, 5.41) is 8.77. The van der Waals surface area contributed by atoms with Crippen LogP contribution >= 0.6 is 0 Å². The highest BCUT2D eigenvalue weighted by Crippen LogP contribution is 2.28. The second-order valence-corrected chi connectivity index (χ2v) is 5.32. The minimum atomic E-state index is -0.435. The third-order valence-corrected chi connectivity index (χ3v) is 3.74. The molecule has 0 fully saturated rings. The summed E-state index contributed by atoms with van der Waals surface area (Å²) in [7, 11) is 0. The summed E-state index contributed by atoms with van der Waals surface area (Å²) in [6, 6.07) is 20.1. The van der Waals surface area contributed by atoms with Crippen LogP contribution in [0.3, 0.4) is 0 Å². The fraction of sp³-hybridized carbons (Fsp3) is 0. The molecule has 0 N–H and O–H groups in total. The topological polar surface area (TPSA) is 61.2 Å². The highest BCUT2D eigenvalue weighted by molar-refractivity contribution is 6.35. The first-order valence-corrected chi connectivity index (χ1v) is 7.70. The summed E-state index contributed by atoms with van der Waals surface area (Å²) in [5.74, 6) is -0.837. The van der Waals surface area contributed by atoms with Gasteiger partial charge >= 0.3 is 0 Å². The van der Waals surface area contributed by atoms with E-state index in [4.69, 9.17) is 5.26 Å². The predicted molar refractivity (Wildman–Crippen MR) is 96.2 cm³/mol. The first-order chi connectivity index (χ1) is 12.2. The van der Waals surface area contributed by atoms with Gasteiger partial charge in [-0.05, 0) is 29.8 Å². The number of para-hydroxylation sites is 1. The number of nitrogens with zero attached hydrogens (tertiary/aromatic N) is 2. The molecule has 4 heteroatoms. The lowest BCUT2D eigenvalue weighted by Crippen LogP contribution is -2.31. The zero-order valence-corrected chi connectivity index (χ0v) is 13.3. The second kappa shape index (κ2) is 7.24. The van der Waals surface area contributed by atoms with Gasteiger partial charge in [-0.15, -0.1) is 0 Å². The number of nitriles is 1. The highest BCUT2D eigenvalue weighted by atomic mass is 16.2. The number of allylic oxidation sites excluding steroid dienone is 1. The molecule has 1 aliphatic heterocycles. The van der Waals surface area contributed by atoms with Gasteiger partial charge in [-0.2, -0.15) is 5.26 Å². The molecule has 0 aromatic heterocycles. The molecule has 2 amide bonds. The van der Waals surface area contributed by atoms with E-state index in [1.165, 1.54) is 12.2 Å². The third kappa shape index (κ3) is 3.31. The standard InChI is InChI=1S/C21H14N2O2/c22-15-7-12-18-19(14-13-16-8-3-1-4-9-16)21(25)23(20(18)24)17-10-5-2-6-11-17/h1-14H. The molecule has 2 aromatic carbocycles. The van der Waals surface area contributed by atoms with Crippen molar-refractivity contribution in [3.05, 3.63) is 95.6 Å². The Bertz CT molecular complexity index is 933. The molecule has 0 spiro atoms. The predicted octanol–water partition coefficient (Wildman–Crippen LogP) is 3.65. The zero-order valence-electron chi connectivity index (χ0n) is 13.3. The lowest BCUT2D eigenvalue weighted by molar-refractivity contribution is -0.120. The van der Waals surface area contributed by atoms with Crippen molar-refractivity contribution in [3.63, 3.8) is 0 Å². The van der Waals surface area contributed by atoms with Gasteiger partial charge in [0.2, 0.25) is 0 Å². The zero-order chi connectivity index (χ0) is 17.6. The Morgan fingerprint density at radius 2 is 1.32 bits per heavy atom. The molecular formula is C21H14N2O2. The average Bonchev–Trinajstić information content (AvgIpc) is 2.89. The fourth-order valence-electron chi connectivity index (χ4n) is 2.56. The van der Waals surface area contributed by atoms with Gasteiger partial charge in [-0.3, -0.25) is 9.59 Å². The summed E-state index contributed by atoms with van der Waals surface area (Å²) in [4.78, 5) is 26.6. The van der Waals surface area contributed by atoms with Crippen molar-refractivity contribution >= 4 is 23.6 Å². The second-order valence-electron chi connectivity index (χ2n) is 5.32. The van der Waals surface area contributed by atoms with Gasteiger partial charge in [0.15, 0.2) is 0 Å². The number of carbonyl (C=O) groups excluding carboxylic acids is 2. The lowest BCUT2D eigenvalue weighted by atomic mass is 10.1. The molecule has 0 radical (unpaired) electrons. The Kier molecular flexibility index (Phi) is 4.68. The lowest BCUT2D eigenvalue weighted by Gasteiger charge is -2.14. The van der Waals surface area contributed by atoms with Gasteiger partial charge in [0.1, 0.15) is 0 Å². The summed E-state index contributed by atoms with van der Waals surface area (Å²) in [6.45, 7) is 0. The highest BCUT2D eigenvalue weighted by Gasteiger charge is 2.36. The van der Waals surface area contributed by atoms with E-state index in [1.54, 1.807) is 36.4 Å². The van der Waals surface area contributed by atoms with Gasteiger partial charge in [-0.1, -0.05) is 54.6 Å². The number of rotatable bonds is 4. The van der Waals surface area contributed by atoms with E-state index in [1.807, 2.05) is 42.5 Å². The summed E-state index contributed by atoms with van der Waals surface area (Å²) in [6.07, 6.45) is 5.98. The maximum atomic E-state index is 12.8. The van der Waals surface area contributed by atoms with Crippen LogP contribution in [0.2, 0.25) is 0 Å². The molecule has 0 bridgehead atoms. The number of imide groups is 1. The van der Waals surface area contributed by atoms with Crippen molar-refractivity contribution in [3.8, 4) is 6.07 Å². The van der Waals surface area contributed by atoms with Crippen LogP contribution in [0, 0.1) is 11.3 Å². The Hall–Kier alpha value is -3.71. The van der Waals surface area contributed by atoms with Crippen LogP contribution < -0.4 is 4.90 Å². The van der Waals surface area contributed by atoms with E-state index in [9.17, 15) is 9.59 Å². The number of benzene rings is 2. The summed E-state index contributed by atoms with van der Waals surface area (Å²) >= 11 is 0. The monoisotopic (exact) mass is 326 g/mol. The molecule has 3 rings (SSSR count). The molecular weight excluding hydrogens is 312 g/mol. The van der Waals surface area contributed by atoms with Crippen molar-refractivity contribution in [2.45, 2.75) is 0 Å². The molecule has 1 aliphatic rings. The molecule has 4 nitrogen and oxygen atoms in total. The SMILES string of the molecule is N#CC=CC1=C(C=Cc2ccccc2)C(=O)N(c2ccccc2)C1=O. The molecule has 0 saturated carbocycles. The smallest absolute Gasteiger partial charge is 0.266 e. The third-order valence-electron chi connectivity index (χ3n) is 3.74. The first kappa shape index (κ1) is 16.2. The van der Waals surface area contributed by atoms with Crippen LogP contribution in [0.1, 0.15) is 5.56 Å². The minimum absolute atomic E-state index is 0.211. The minimum Gasteiger partial charge on any atom is -0.268 e. The van der Waals surface area contributed by atoms with E-state index in [0.717, 1.165) is 10.5 Å². The van der Waals surface area contributed by atoms with Crippen molar-refractivity contribution in [1.82, 2.24) is 0 Å². The van der Waals surface area contributed by atoms with Crippen LogP contribution in [-0.2, 0) is 9.59 Å². The van der Waals surface area contributed by atoms with E-state index in [2.05, 4.69) is 0 Å². The van der Waals surface area contributed by atoms with Gasteiger partial charge in [0, 0.05) is 6.08 Å². The van der Waals surface area contributed by atoms with Gasteiger partial charge in [-0.25, -0.2) is 4.90 Å². The Labute approximate surface area is 145 Å². The van der Waals surface area contributed by atoms with Gasteiger partial charge in [0.05, 0.1) is 22.9 Å². The van der Waals surface area contributed by atoms with Crippen LogP contribution in [0.15, 0.2) is 90.0 Å². The molecule has 1 heterocycles. The summed E-state index contributed by atoms with van der Waals surface area (Å²) < 4.78 is 0. The van der Waals surface area contributed by atoms with Crippen molar-refractivity contribution < 1.29 is 9.59 Å². The number of hydrogen-bond donors (Lipinski definition) is 0. The average molecular weight is 326 g/mol. The van der Waals surface area contributed by atoms with Crippen LogP contribution in [0.25, 0.3) is 6.08 Å². The Morgan fingerprint density at radius 3 is 1.92 bits per heavy atom. The Balaban J connectivity index is 2.02. The fourth-order valence-corrected chi connectivity index (χ4v) is 2.56. The number of amides is 2. The molecule has 0 atom stereocenters. The van der Waals surface area contributed by atoms with Crippen molar-refractivity contribution in [1.29, 1.82) is 5.26 Å². The van der Waals surface area contributed by atoms with E-state index in [-0.39, 0.29) is 11.1 Å². The first-order valence-electron chi connectivity index (χ1n) is 7.70. The molecule has 120 valence electrons. The molecule has 0 saturated heterocycles. The number of hydrogen-bond acceptors (Lipinski definition) is 3. The van der Waals surface area contributed by atoms with Crippen LogP contribution in [-0.4, -0.2) is 11.8 Å². The van der Waals surface area contributed by atoms with E-state index >= 15 is 0 Å². The van der Waals surface area contributed by atoms with Gasteiger partial charge in [0.25, 0.3) is 11.8 Å². The molecule has 0 unspecified atom stereocenters. The Morgan fingerprint density at radius 1 is 0.760 bits per heavy atom. The van der Waals surface area contributed by atoms with Gasteiger partial charge < -0.3 is 0 Å². The normalized spacial score (nSPS) is 14.8. The molecule has 0 aliphatic carbocycles. The van der Waals surface area contributed by atoms with Crippen molar-refractivity contribution in [2.24, 2.45) is 0 Å². The molecule has 25 heavy (non-hydrogen) atoms. The quantitative estimate of drug-likeness (QED) is 0.636. The van der Waals surface area contributed by atoms with Crippen LogP contribution in [0.4, 0.5) is 5.69 Å². The van der Waals surface area contributed by atoms with E-state index < -0.39 is 11.8 Å². The van der Waals surface area contributed by atoms with E-state index in [0.29, 0.717) is 5.69 Å². The summed E-state index contributed by atoms with van der Waals surface area (Å²) in [5.41, 5.74) is 1.90.